The van der Waals surface area contributed by atoms with Gasteiger partial charge in [-0.15, -0.1) is 0 Å². The van der Waals surface area contributed by atoms with Crippen LogP contribution in [0.2, 0.25) is 0 Å². The lowest BCUT2D eigenvalue weighted by Gasteiger charge is -2.20. The van der Waals surface area contributed by atoms with E-state index in [-0.39, 0.29) is 0 Å². The van der Waals surface area contributed by atoms with Crippen molar-refractivity contribution >= 4 is 11.9 Å². The molecule has 1 aromatic carbocycles. The monoisotopic (exact) mass is 205 g/mol. The van der Waals surface area contributed by atoms with E-state index in [4.69, 9.17) is 5.84 Å². The van der Waals surface area contributed by atoms with E-state index in [0.717, 1.165) is 5.56 Å². The van der Waals surface area contributed by atoms with Crippen LogP contribution in [0.25, 0.3) is 0 Å². The van der Waals surface area contributed by atoms with Crippen molar-refractivity contribution < 1.29 is 9.59 Å². The van der Waals surface area contributed by atoms with Crippen LogP contribution < -0.4 is 11.2 Å². The Balaban J connectivity index is 2.45. The Morgan fingerprint density at radius 2 is 1.87 bits per heavy atom. The van der Waals surface area contributed by atoms with Gasteiger partial charge < -0.3 is 5.32 Å². The number of imide groups is 1. The van der Waals surface area contributed by atoms with Crippen LogP contribution in [0.1, 0.15) is 12.5 Å². The molecule has 1 aromatic rings. The molecular formula is C10H11N3O2. The fourth-order valence-corrected chi connectivity index (χ4v) is 1.63. The van der Waals surface area contributed by atoms with E-state index in [9.17, 15) is 9.59 Å². The minimum absolute atomic E-state index is 0.446. The fourth-order valence-electron chi connectivity index (χ4n) is 1.63. The van der Waals surface area contributed by atoms with E-state index >= 15 is 0 Å². The first kappa shape index (κ1) is 9.67. The van der Waals surface area contributed by atoms with E-state index in [0.29, 0.717) is 5.01 Å². The molecular weight excluding hydrogens is 194 g/mol. The van der Waals surface area contributed by atoms with Gasteiger partial charge in [-0.1, -0.05) is 30.3 Å². The van der Waals surface area contributed by atoms with Gasteiger partial charge in [-0.2, -0.15) is 5.01 Å². The van der Waals surface area contributed by atoms with Gasteiger partial charge in [0, 0.05) is 0 Å². The van der Waals surface area contributed by atoms with Crippen LogP contribution in [0, 0.1) is 0 Å². The van der Waals surface area contributed by atoms with Gasteiger partial charge in [-0.05, 0) is 12.5 Å². The predicted molar refractivity (Wildman–Crippen MR) is 53.4 cm³/mol. The second-order valence-electron chi connectivity index (χ2n) is 3.60. The molecule has 3 N–H and O–H groups in total. The van der Waals surface area contributed by atoms with Gasteiger partial charge in [0.05, 0.1) is 0 Å². The van der Waals surface area contributed by atoms with Crippen LogP contribution in [0.4, 0.5) is 4.79 Å². The normalized spacial score (nSPS) is 25.6. The van der Waals surface area contributed by atoms with Crippen molar-refractivity contribution in [1.29, 1.82) is 0 Å². The number of carbonyl (C=O) groups is 2. The number of nitrogens with two attached hydrogens (primary N) is 1. The van der Waals surface area contributed by atoms with Crippen LogP contribution in [0.3, 0.4) is 0 Å². The van der Waals surface area contributed by atoms with Crippen LogP contribution >= 0.6 is 0 Å². The lowest BCUT2D eigenvalue weighted by Crippen LogP contribution is -2.42. The topological polar surface area (TPSA) is 75.4 Å². The minimum Gasteiger partial charge on any atom is -0.318 e. The van der Waals surface area contributed by atoms with Gasteiger partial charge in [0.25, 0.3) is 5.91 Å². The molecule has 1 aliphatic heterocycles. The van der Waals surface area contributed by atoms with E-state index in [1.165, 1.54) is 0 Å². The molecule has 5 nitrogen and oxygen atoms in total. The van der Waals surface area contributed by atoms with E-state index in [1.807, 2.05) is 6.07 Å². The first-order valence-electron chi connectivity index (χ1n) is 4.52. The maximum atomic E-state index is 11.8. The molecule has 0 aromatic heterocycles. The molecule has 0 bridgehead atoms. The molecule has 2 rings (SSSR count). The Kier molecular flexibility index (Phi) is 1.97. The summed E-state index contributed by atoms with van der Waals surface area (Å²) in [4.78, 5) is 23.0. The molecule has 0 aliphatic carbocycles. The molecule has 0 radical (unpaired) electrons. The van der Waals surface area contributed by atoms with E-state index < -0.39 is 17.5 Å². The maximum absolute atomic E-state index is 11.8. The Morgan fingerprint density at radius 1 is 1.27 bits per heavy atom. The van der Waals surface area contributed by atoms with Gasteiger partial charge >= 0.3 is 6.03 Å². The highest BCUT2D eigenvalue weighted by Crippen LogP contribution is 2.26. The van der Waals surface area contributed by atoms with Crippen molar-refractivity contribution in [2.45, 2.75) is 12.5 Å². The Bertz CT molecular complexity index is 418. The molecule has 1 heterocycles. The molecule has 1 aliphatic rings. The third-order valence-electron chi connectivity index (χ3n) is 2.57. The number of hydrogen-bond acceptors (Lipinski definition) is 3. The number of benzene rings is 1. The molecule has 0 spiro atoms. The summed E-state index contributed by atoms with van der Waals surface area (Å²) in [6, 6.07) is 8.42. The number of carbonyl (C=O) groups excluding carboxylic acids is 2. The number of urea groups is 1. The lowest BCUT2D eigenvalue weighted by molar-refractivity contribution is -0.131. The molecule has 3 amide bonds. The molecule has 15 heavy (non-hydrogen) atoms. The maximum Gasteiger partial charge on any atom is 0.339 e. The molecule has 1 saturated heterocycles. The van der Waals surface area contributed by atoms with Crippen molar-refractivity contribution in [3.05, 3.63) is 35.9 Å². The fraction of sp³-hybridized carbons (Fsp3) is 0.200. The number of nitrogens with zero attached hydrogens (tertiary/aromatic N) is 1. The van der Waals surface area contributed by atoms with Crippen molar-refractivity contribution in [3.63, 3.8) is 0 Å². The zero-order valence-electron chi connectivity index (χ0n) is 8.23. The number of amides is 3. The number of hydrazine groups is 1. The minimum atomic E-state index is -1.05. The summed E-state index contributed by atoms with van der Waals surface area (Å²) < 4.78 is 0. The summed E-state index contributed by atoms with van der Waals surface area (Å²) in [5.41, 5.74) is -0.330. The van der Waals surface area contributed by atoms with Gasteiger partial charge in [-0.25, -0.2) is 10.6 Å². The quantitative estimate of drug-likeness (QED) is 0.394. The van der Waals surface area contributed by atoms with Crippen molar-refractivity contribution in [2.75, 3.05) is 0 Å². The van der Waals surface area contributed by atoms with Gasteiger partial charge in [0.1, 0.15) is 5.54 Å². The van der Waals surface area contributed by atoms with E-state index in [2.05, 4.69) is 5.32 Å². The molecule has 0 unspecified atom stereocenters. The van der Waals surface area contributed by atoms with Gasteiger partial charge in [-0.3, -0.25) is 4.79 Å². The Hall–Kier alpha value is -1.88. The second-order valence-corrected chi connectivity index (χ2v) is 3.60. The van der Waals surface area contributed by atoms with Crippen molar-refractivity contribution in [1.82, 2.24) is 10.3 Å². The van der Waals surface area contributed by atoms with Crippen LogP contribution in [-0.4, -0.2) is 16.9 Å². The molecule has 1 fully saturated rings. The molecule has 1 atom stereocenters. The summed E-state index contributed by atoms with van der Waals surface area (Å²) in [7, 11) is 0. The highest BCUT2D eigenvalue weighted by Gasteiger charge is 2.47. The summed E-state index contributed by atoms with van der Waals surface area (Å²) in [6.45, 7) is 1.63. The second kappa shape index (κ2) is 3.06. The van der Waals surface area contributed by atoms with Crippen LogP contribution in [-0.2, 0) is 10.3 Å². The van der Waals surface area contributed by atoms with Gasteiger partial charge in [0.15, 0.2) is 0 Å². The number of rotatable bonds is 1. The molecule has 78 valence electrons. The van der Waals surface area contributed by atoms with Crippen molar-refractivity contribution in [3.8, 4) is 0 Å². The average molecular weight is 205 g/mol. The predicted octanol–water partition coefficient (Wildman–Crippen LogP) is 0.327. The largest absolute Gasteiger partial charge is 0.339 e. The molecule has 0 saturated carbocycles. The smallest absolute Gasteiger partial charge is 0.318 e. The standard InChI is InChI=1S/C10H11N3O2/c1-10(7-5-3-2-4-6-7)8(14)13(11)9(15)12-10/h2-6H,11H2,1H3,(H,12,15)/t10-/m1/s1. The highest BCUT2D eigenvalue weighted by atomic mass is 16.2. The first-order chi connectivity index (χ1) is 7.05. The summed E-state index contributed by atoms with van der Waals surface area (Å²) >= 11 is 0. The summed E-state index contributed by atoms with van der Waals surface area (Å²) in [6.07, 6.45) is 0. The van der Waals surface area contributed by atoms with Crippen molar-refractivity contribution in [2.24, 2.45) is 5.84 Å². The van der Waals surface area contributed by atoms with Crippen LogP contribution in [0.5, 0.6) is 0 Å². The zero-order chi connectivity index (χ0) is 11.1. The third kappa shape index (κ3) is 1.28. The number of hydrogen-bond donors (Lipinski definition) is 2. The van der Waals surface area contributed by atoms with E-state index in [1.54, 1.807) is 31.2 Å². The van der Waals surface area contributed by atoms with Gasteiger partial charge in [0.2, 0.25) is 0 Å². The number of nitrogens with one attached hydrogen (secondary N) is 1. The zero-order valence-corrected chi connectivity index (χ0v) is 8.23. The Morgan fingerprint density at radius 3 is 2.33 bits per heavy atom. The van der Waals surface area contributed by atoms with Crippen LogP contribution in [0.15, 0.2) is 30.3 Å². The summed E-state index contributed by atoms with van der Waals surface area (Å²) in [5, 5.41) is 3.16. The SMILES string of the molecule is C[C@]1(c2ccccc2)NC(=O)N(N)C1=O. The Labute approximate surface area is 86.8 Å². The first-order valence-corrected chi connectivity index (χ1v) is 4.52. The summed E-state index contributed by atoms with van der Waals surface area (Å²) in [5.74, 6) is 4.86. The lowest BCUT2D eigenvalue weighted by atomic mass is 9.92. The third-order valence-corrected chi connectivity index (χ3v) is 2.57. The highest BCUT2D eigenvalue weighted by molar-refractivity contribution is 6.06. The molecule has 5 heteroatoms. The average Bonchev–Trinajstić information content (AvgIpc) is 2.45.